The molecule has 0 aliphatic heterocycles. The second kappa shape index (κ2) is 4.74. The Labute approximate surface area is 108 Å². The average molecular weight is 258 g/mol. The second-order valence-corrected chi connectivity index (χ2v) is 4.89. The third kappa shape index (κ3) is 2.19. The first-order valence-electron chi connectivity index (χ1n) is 5.63. The molecule has 0 amide bonds. The lowest BCUT2D eigenvalue weighted by atomic mass is 10.2. The lowest BCUT2D eigenvalue weighted by Gasteiger charge is -2.04. The number of pyridine rings is 1. The van der Waals surface area contributed by atoms with Crippen molar-refractivity contribution in [3.63, 3.8) is 0 Å². The van der Waals surface area contributed by atoms with E-state index in [1.165, 1.54) is 27.9 Å². The minimum Gasteiger partial charge on any atom is -0.380 e. The normalized spacial score (nSPS) is 10.7. The van der Waals surface area contributed by atoms with Crippen LogP contribution < -0.4 is 5.32 Å². The third-order valence-corrected chi connectivity index (χ3v) is 3.78. The zero-order chi connectivity index (χ0) is 12.4. The number of rotatable bonds is 3. The van der Waals surface area contributed by atoms with E-state index in [4.69, 9.17) is 0 Å². The maximum atomic E-state index is 12.7. The third-order valence-electron chi connectivity index (χ3n) is 2.77. The quantitative estimate of drug-likeness (QED) is 0.717. The number of benzene rings is 1. The largest absolute Gasteiger partial charge is 0.380 e. The van der Waals surface area contributed by atoms with Crippen molar-refractivity contribution < 1.29 is 4.39 Å². The summed E-state index contributed by atoms with van der Waals surface area (Å²) < 4.78 is 14.0. The molecule has 2 aromatic heterocycles. The average Bonchev–Trinajstić information content (AvgIpc) is 2.82. The standard InChI is InChI=1S/C14H11FN2S/c15-14-6-5-11(8-17-14)16-7-10-9-18-13-4-2-1-3-12(10)13/h1-6,8-9,16H,7H2. The van der Waals surface area contributed by atoms with Crippen LogP contribution in [0.2, 0.25) is 0 Å². The summed E-state index contributed by atoms with van der Waals surface area (Å²) in [5.74, 6) is -0.457. The SMILES string of the molecule is Fc1ccc(NCc2csc3ccccc23)cn1. The highest BCUT2D eigenvalue weighted by atomic mass is 32.1. The summed E-state index contributed by atoms with van der Waals surface area (Å²) in [6, 6.07) is 11.4. The van der Waals surface area contributed by atoms with Crippen molar-refractivity contribution in [3.05, 3.63) is 59.5 Å². The maximum absolute atomic E-state index is 12.7. The van der Waals surface area contributed by atoms with Gasteiger partial charge in [-0.1, -0.05) is 18.2 Å². The van der Waals surface area contributed by atoms with E-state index in [0.29, 0.717) is 0 Å². The summed E-state index contributed by atoms with van der Waals surface area (Å²) >= 11 is 1.74. The molecular weight excluding hydrogens is 247 g/mol. The number of aromatic nitrogens is 1. The van der Waals surface area contributed by atoms with Gasteiger partial charge >= 0.3 is 0 Å². The van der Waals surface area contributed by atoms with Gasteiger partial charge in [0, 0.05) is 11.2 Å². The Morgan fingerprint density at radius 2 is 2.06 bits per heavy atom. The van der Waals surface area contributed by atoms with E-state index in [9.17, 15) is 4.39 Å². The molecule has 0 aliphatic rings. The Bertz CT molecular complexity index is 661. The topological polar surface area (TPSA) is 24.9 Å². The van der Waals surface area contributed by atoms with Crippen LogP contribution in [0.5, 0.6) is 0 Å². The van der Waals surface area contributed by atoms with Crippen LogP contribution in [-0.2, 0) is 6.54 Å². The van der Waals surface area contributed by atoms with Crippen LogP contribution >= 0.6 is 11.3 Å². The fourth-order valence-electron chi connectivity index (χ4n) is 1.85. The lowest BCUT2D eigenvalue weighted by Crippen LogP contribution is -1.99. The number of fused-ring (bicyclic) bond motifs is 1. The van der Waals surface area contributed by atoms with Crippen LogP contribution in [0, 0.1) is 5.95 Å². The van der Waals surface area contributed by atoms with Gasteiger partial charge in [-0.2, -0.15) is 4.39 Å². The smallest absolute Gasteiger partial charge is 0.212 e. The first-order chi connectivity index (χ1) is 8.83. The lowest BCUT2D eigenvalue weighted by molar-refractivity contribution is 0.584. The molecule has 0 aliphatic carbocycles. The van der Waals surface area contributed by atoms with Crippen molar-refractivity contribution in [1.82, 2.24) is 4.98 Å². The highest BCUT2D eigenvalue weighted by Gasteiger charge is 2.03. The maximum Gasteiger partial charge on any atom is 0.212 e. The minimum absolute atomic E-state index is 0.457. The number of anilines is 1. The zero-order valence-corrected chi connectivity index (χ0v) is 10.4. The van der Waals surface area contributed by atoms with Crippen LogP contribution in [0.4, 0.5) is 10.1 Å². The molecule has 3 aromatic rings. The minimum atomic E-state index is -0.457. The van der Waals surface area contributed by atoms with Crippen LogP contribution in [0.1, 0.15) is 5.56 Å². The van der Waals surface area contributed by atoms with Crippen molar-refractivity contribution in [3.8, 4) is 0 Å². The summed E-state index contributed by atoms with van der Waals surface area (Å²) in [7, 11) is 0. The zero-order valence-electron chi connectivity index (χ0n) is 9.56. The molecule has 0 spiro atoms. The second-order valence-electron chi connectivity index (χ2n) is 3.98. The predicted octanol–water partition coefficient (Wildman–Crippen LogP) is 4.05. The van der Waals surface area contributed by atoms with E-state index in [1.54, 1.807) is 17.4 Å². The number of thiophene rings is 1. The first kappa shape index (κ1) is 11.2. The fourth-order valence-corrected chi connectivity index (χ4v) is 2.81. The summed E-state index contributed by atoms with van der Waals surface area (Å²) in [4.78, 5) is 3.61. The van der Waals surface area contributed by atoms with E-state index >= 15 is 0 Å². The van der Waals surface area contributed by atoms with Gasteiger partial charge in [-0.15, -0.1) is 11.3 Å². The summed E-state index contributed by atoms with van der Waals surface area (Å²) in [6.07, 6.45) is 1.50. The summed E-state index contributed by atoms with van der Waals surface area (Å²) in [5.41, 5.74) is 2.08. The predicted molar refractivity (Wildman–Crippen MR) is 73.3 cm³/mol. The molecule has 0 atom stereocenters. The molecule has 1 aromatic carbocycles. The van der Waals surface area contributed by atoms with Gasteiger partial charge in [-0.3, -0.25) is 0 Å². The monoisotopic (exact) mass is 258 g/mol. The highest BCUT2D eigenvalue weighted by molar-refractivity contribution is 7.17. The van der Waals surface area contributed by atoms with Crippen molar-refractivity contribution in [2.75, 3.05) is 5.32 Å². The van der Waals surface area contributed by atoms with Gasteiger partial charge in [0.2, 0.25) is 5.95 Å². The molecule has 0 radical (unpaired) electrons. The van der Waals surface area contributed by atoms with Crippen LogP contribution in [0.25, 0.3) is 10.1 Å². The number of nitrogens with zero attached hydrogens (tertiary/aromatic N) is 1. The molecule has 90 valence electrons. The number of hydrogen-bond acceptors (Lipinski definition) is 3. The van der Waals surface area contributed by atoms with Crippen LogP contribution in [-0.4, -0.2) is 4.98 Å². The van der Waals surface area contributed by atoms with Crippen molar-refractivity contribution in [1.29, 1.82) is 0 Å². The molecular formula is C14H11FN2S. The molecule has 0 bridgehead atoms. The van der Waals surface area contributed by atoms with Gasteiger partial charge in [0.15, 0.2) is 0 Å². The number of halogens is 1. The first-order valence-corrected chi connectivity index (χ1v) is 6.51. The highest BCUT2D eigenvalue weighted by Crippen LogP contribution is 2.26. The van der Waals surface area contributed by atoms with Gasteiger partial charge in [0.25, 0.3) is 0 Å². The summed E-state index contributed by atoms with van der Waals surface area (Å²) in [5, 5.41) is 6.66. The van der Waals surface area contributed by atoms with Gasteiger partial charge in [-0.05, 0) is 34.5 Å². The summed E-state index contributed by atoms with van der Waals surface area (Å²) in [6.45, 7) is 0.720. The number of nitrogens with one attached hydrogen (secondary N) is 1. The molecule has 4 heteroatoms. The van der Waals surface area contributed by atoms with E-state index in [-0.39, 0.29) is 0 Å². The van der Waals surface area contributed by atoms with Gasteiger partial charge < -0.3 is 5.32 Å². The van der Waals surface area contributed by atoms with E-state index in [1.807, 2.05) is 12.1 Å². The Morgan fingerprint density at radius 3 is 2.89 bits per heavy atom. The van der Waals surface area contributed by atoms with E-state index in [0.717, 1.165) is 12.2 Å². The van der Waals surface area contributed by atoms with Gasteiger partial charge in [0.05, 0.1) is 11.9 Å². The Balaban J connectivity index is 1.79. The molecule has 0 fully saturated rings. The van der Waals surface area contributed by atoms with Crippen molar-refractivity contribution in [2.24, 2.45) is 0 Å². The van der Waals surface area contributed by atoms with Gasteiger partial charge in [-0.25, -0.2) is 4.98 Å². The molecule has 0 saturated heterocycles. The van der Waals surface area contributed by atoms with E-state index < -0.39 is 5.95 Å². The molecule has 18 heavy (non-hydrogen) atoms. The molecule has 0 saturated carbocycles. The van der Waals surface area contributed by atoms with Gasteiger partial charge in [0.1, 0.15) is 0 Å². The molecule has 2 nitrogen and oxygen atoms in total. The number of hydrogen-bond donors (Lipinski definition) is 1. The molecule has 1 N–H and O–H groups in total. The Kier molecular flexibility index (Phi) is 2.94. The molecule has 3 rings (SSSR count). The Hall–Kier alpha value is -1.94. The Morgan fingerprint density at radius 1 is 1.17 bits per heavy atom. The van der Waals surface area contributed by atoms with Crippen molar-refractivity contribution >= 4 is 27.1 Å². The van der Waals surface area contributed by atoms with Crippen LogP contribution in [0.15, 0.2) is 48.0 Å². The molecule has 0 unspecified atom stereocenters. The van der Waals surface area contributed by atoms with Crippen molar-refractivity contribution in [2.45, 2.75) is 6.54 Å². The van der Waals surface area contributed by atoms with E-state index in [2.05, 4.69) is 27.8 Å². The molecule has 2 heterocycles. The fraction of sp³-hybridized carbons (Fsp3) is 0.0714. The van der Waals surface area contributed by atoms with Crippen LogP contribution in [0.3, 0.4) is 0 Å².